The number of nitrogens with two attached hydrogens (primary N) is 1. The zero-order valence-corrected chi connectivity index (χ0v) is 11.5. The molecule has 0 atom stereocenters. The van der Waals surface area contributed by atoms with Gasteiger partial charge in [0, 0.05) is 12.8 Å². The van der Waals surface area contributed by atoms with Crippen LogP contribution in [0.2, 0.25) is 0 Å². The van der Waals surface area contributed by atoms with Crippen molar-refractivity contribution in [2.24, 2.45) is 5.92 Å². The third-order valence-corrected chi connectivity index (χ3v) is 4.68. The summed E-state index contributed by atoms with van der Waals surface area (Å²) in [5, 5.41) is 3.28. The molecule has 0 heterocycles. The Morgan fingerprint density at radius 3 is 2.61 bits per heavy atom. The second-order valence-electron chi connectivity index (χ2n) is 5.02. The highest BCUT2D eigenvalue weighted by Crippen LogP contribution is 2.29. The van der Waals surface area contributed by atoms with Gasteiger partial charge < -0.3 is 11.1 Å². The van der Waals surface area contributed by atoms with Gasteiger partial charge in [-0.3, -0.25) is 0 Å². The van der Waals surface area contributed by atoms with E-state index >= 15 is 0 Å². The Kier molecular flexibility index (Phi) is 3.80. The average Bonchev–Trinajstić information content (AvgIpc) is 2.79. The predicted octanol–water partition coefficient (Wildman–Crippen LogP) is 2.27. The molecule has 18 heavy (non-hydrogen) atoms. The summed E-state index contributed by atoms with van der Waals surface area (Å²) in [6.07, 6.45) is 6.27. The molecule has 3 N–H and O–H groups in total. The van der Waals surface area contributed by atoms with Crippen LogP contribution < -0.4 is 11.1 Å². The number of para-hydroxylation sites is 1. The van der Waals surface area contributed by atoms with Gasteiger partial charge in [-0.05, 0) is 30.9 Å². The maximum absolute atomic E-state index is 11.6. The number of sulfone groups is 1. The first-order chi connectivity index (χ1) is 8.48. The molecular weight excluding hydrogens is 248 g/mol. The topological polar surface area (TPSA) is 72.2 Å². The fourth-order valence-electron chi connectivity index (χ4n) is 2.49. The van der Waals surface area contributed by atoms with Crippen molar-refractivity contribution < 1.29 is 8.42 Å². The van der Waals surface area contributed by atoms with Gasteiger partial charge in [0.2, 0.25) is 0 Å². The highest BCUT2D eigenvalue weighted by molar-refractivity contribution is 7.90. The Bertz CT molecular complexity index is 520. The van der Waals surface area contributed by atoms with Crippen LogP contribution in [-0.2, 0) is 9.84 Å². The van der Waals surface area contributed by atoms with Crippen molar-refractivity contribution in [3.05, 3.63) is 18.2 Å². The van der Waals surface area contributed by atoms with Crippen LogP contribution in [0.4, 0.5) is 11.4 Å². The van der Waals surface area contributed by atoms with E-state index in [9.17, 15) is 8.42 Å². The van der Waals surface area contributed by atoms with E-state index in [-0.39, 0.29) is 4.90 Å². The van der Waals surface area contributed by atoms with Gasteiger partial charge in [0.25, 0.3) is 0 Å². The van der Waals surface area contributed by atoms with E-state index in [0.717, 1.165) is 12.2 Å². The van der Waals surface area contributed by atoms with E-state index in [2.05, 4.69) is 5.32 Å². The van der Waals surface area contributed by atoms with Crippen LogP contribution in [0.5, 0.6) is 0 Å². The summed E-state index contributed by atoms with van der Waals surface area (Å²) in [5.41, 5.74) is 6.97. The summed E-state index contributed by atoms with van der Waals surface area (Å²) >= 11 is 0. The molecule has 1 fully saturated rings. The van der Waals surface area contributed by atoms with E-state index in [0.29, 0.717) is 11.6 Å². The van der Waals surface area contributed by atoms with Crippen molar-refractivity contribution in [3.63, 3.8) is 0 Å². The Hall–Kier alpha value is -1.23. The first kappa shape index (κ1) is 13.2. The first-order valence-electron chi connectivity index (χ1n) is 6.31. The number of nitrogen functional groups attached to an aromatic ring is 1. The Morgan fingerprint density at radius 2 is 2.00 bits per heavy atom. The molecule has 5 heteroatoms. The number of hydrogen-bond acceptors (Lipinski definition) is 4. The molecule has 0 aliphatic heterocycles. The SMILES string of the molecule is CS(=O)(=O)c1cccc(NCC2CCCC2)c1N. The summed E-state index contributed by atoms with van der Waals surface area (Å²) in [6.45, 7) is 0.872. The minimum Gasteiger partial charge on any atom is -0.396 e. The fraction of sp³-hybridized carbons (Fsp3) is 0.538. The van der Waals surface area contributed by atoms with Crippen molar-refractivity contribution in [2.75, 3.05) is 23.9 Å². The quantitative estimate of drug-likeness (QED) is 0.822. The van der Waals surface area contributed by atoms with Gasteiger partial charge in [-0.25, -0.2) is 8.42 Å². The van der Waals surface area contributed by atoms with E-state index in [1.54, 1.807) is 12.1 Å². The van der Waals surface area contributed by atoms with Crippen molar-refractivity contribution in [1.82, 2.24) is 0 Å². The third-order valence-electron chi connectivity index (χ3n) is 3.52. The number of anilines is 2. The van der Waals surface area contributed by atoms with Gasteiger partial charge in [-0.2, -0.15) is 0 Å². The summed E-state index contributed by atoms with van der Waals surface area (Å²) in [6, 6.07) is 5.11. The van der Waals surface area contributed by atoms with Crippen LogP contribution >= 0.6 is 0 Å². The minimum atomic E-state index is -3.26. The lowest BCUT2D eigenvalue weighted by Gasteiger charge is -2.15. The van der Waals surface area contributed by atoms with Gasteiger partial charge in [0.1, 0.15) is 0 Å². The molecule has 0 amide bonds. The molecule has 0 saturated heterocycles. The Morgan fingerprint density at radius 1 is 1.33 bits per heavy atom. The van der Waals surface area contributed by atoms with Crippen LogP contribution in [0.3, 0.4) is 0 Å². The minimum absolute atomic E-state index is 0.207. The zero-order chi connectivity index (χ0) is 13.2. The van der Waals surface area contributed by atoms with Crippen molar-refractivity contribution >= 4 is 21.2 Å². The third kappa shape index (κ3) is 2.96. The molecule has 0 unspecified atom stereocenters. The van der Waals surface area contributed by atoms with Gasteiger partial charge >= 0.3 is 0 Å². The van der Waals surface area contributed by atoms with Gasteiger partial charge in [0.05, 0.1) is 16.3 Å². The van der Waals surface area contributed by atoms with Gasteiger partial charge in [-0.1, -0.05) is 18.9 Å². The fourth-order valence-corrected chi connectivity index (χ4v) is 3.33. The second-order valence-corrected chi connectivity index (χ2v) is 7.01. The van der Waals surface area contributed by atoms with Gasteiger partial charge in [0.15, 0.2) is 9.84 Å². The zero-order valence-electron chi connectivity index (χ0n) is 10.6. The lowest BCUT2D eigenvalue weighted by Crippen LogP contribution is -2.13. The van der Waals surface area contributed by atoms with E-state index in [4.69, 9.17) is 5.73 Å². The molecule has 1 aromatic rings. The highest BCUT2D eigenvalue weighted by atomic mass is 32.2. The molecule has 0 bridgehead atoms. The number of nitrogens with one attached hydrogen (secondary N) is 1. The van der Waals surface area contributed by atoms with Crippen LogP contribution in [0, 0.1) is 5.92 Å². The maximum Gasteiger partial charge on any atom is 0.177 e. The molecule has 4 nitrogen and oxygen atoms in total. The van der Waals surface area contributed by atoms with Crippen LogP contribution in [0.25, 0.3) is 0 Å². The Labute approximate surface area is 108 Å². The molecule has 1 aliphatic rings. The lowest BCUT2D eigenvalue weighted by atomic mass is 10.1. The Balaban J connectivity index is 2.13. The van der Waals surface area contributed by atoms with Crippen molar-refractivity contribution in [1.29, 1.82) is 0 Å². The van der Waals surface area contributed by atoms with Crippen molar-refractivity contribution in [3.8, 4) is 0 Å². The molecule has 0 aromatic heterocycles. The first-order valence-corrected chi connectivity index (χ1v) is 8.20. The maximum atomic E-state index is 11.6. The van der Waals surface area contributed by atoms with E-state index in [1.165, 1.54) is 31.9 Å². The molecule has 1 saturated carbocycles. The van der Waals surface area contributed by atoms with Crippen LogP contribution in [0.15, 0.2) is 23.1 Å². The average molecular weight is 268 g/mol. The molecule has 0 radical (unpaired) electrons. The normalized spacial score (nSPS) is 16.9. The van der Waals surface area contributed by atoms with Crippen molar-refractivity contribution in [2.45, 2.75) is 30.6 Å². The van der Waals surface area contributed by atoms with Crippen LogP contribution in [0.1, 0.15) is 25.7 Å². The van der Waals surface area contributed by atoms with Crippen LogP contribution in [-0.4, -0.2) is 21.2 Å². The number of benzene rings is 1. The number of hydrogen-bond donors (Lipinski definition) is 2. The summed E-state index contributed by atoms with van der Waals surface area (Å²) < 4.78 is 23.1. The van der Waals surface area contributed by atoms with Gasteiger partial charge in [-0.15, -0.1) is 0 Å². The summed E-state index contributed by atoms with van der Waals surface area (Å²) in [5.74, 6) is 0.686. The summed E-state index contributed by atoms with van der Waals surface area (Å²) in [4.78, 5) is 0.207. The second kappa shape index (κ2) is 5.18. The molecule has 1 aliphatic carbocycles. The largest absolute Gasteiger partial charge is 0.396 e. The smallest absolute Gasteiger partial charge is 0.177 e. The lowest BCUT2D eigenvalue weighted by molar-refractivity contribution is 0.580. The molecule has 0 spiro atoms. The predicted molar refractivity (Wildman–Crippen MR) is 74.4 cm³/mol. The molecule has 2 rings (SSSR count). The monoisotopic (exact) mass is 268 g/mol. The standard InChI is InChI=1S/C13H20N2O2S/c1-18(16,17)12-8-4-7-11(13(12)14)15-9-10-5-2-3-6-10/h4,7-8,10,15H,2-3,5-6,9,14H2,1H3. The van der Waals surface area contributed by atoms with E-state index < -0.39 is 9.84 Å². The molecule has 1 aromatic carbocycles. The highest BCUT2D eigenvalue weighted by Gasteiger charge is 2.17. The molecule has 100 valence electrons. The van der Waals surface area contributed by atoms with E-state index in [1.807, 2.05) is 6.07 Å². The summed E-state index contributed by atoms with van der Waals surface area (Å²) in [7, 11) is -3.26. The number of rotatable bonds is 4. The molecular formula is C13H20N2O2S.